The van der Waals surface area contributed by atoms with E-state index in [0.717, 1.165) is 12.1 Å². The molecule has 1 saturated carbocycles. The van der Waals surface area contributed by atoms with Crippen LogP contribution in [0.2, 0.25) is 0 Å². The van der Waals surface area contributed by atoms with Gasteiger partial charge in [0.2, 0.25) is 15.9 Å². The Hall–Kier alpha value is -2.39. The molecule has 4 rings (SSSR count). The zero-order valence-electron chi connectivity index (χ0n) is 17.7. The lowest BCUT2D eigenvalue weighted by Gasteiger charge is -2.33. The molecule has 1 saturated heterocycles. The van der Waals surface area contributed by atoms with Crippen molar-refractivity contribution in [2.45, 2.75) is 38.1 Å². The molecule has 1 aliphatic heterocycles. The van der Waals surface area contributed by atoms with Gasteiger partial charge < -0.3 is 4.90 Å². The first-order valence-electron chi connectivity index (χ1n) is 10.7. The van der Waals surface area contributed by atoms with Crippen LogP contribution in [0.25, 0.3) is 11.1 Å². The van der Waals surface area contributed by atoms with Crippen LogP contribution in [0.15, 0.2) is 36.4 Å². The molecule has 1 N–H and O–H groups in total. The molecule has 0 aromatic heterocycles. The van der Waals surface area contributed by atoms with Crippen LogP contribution in [0.5, 0.6) is 0 Å². The van der Waals surface area contributed by atoms with E-state index < -0.39 is 39.3 Å². The quantitative estimate of drug-likeness (QED) is 0.704. The highest BCUT2D eigenvalue weighted by molar-refractivity contribution is 7.89. The van der Waals surface area contributed by atoms with Crippen molar-refractivity contribution >= 4 is 15.9 Å². The maximum Gasteiger partial charge on any atom is 0.226 e. The summed E-state index contributed by atoms with van der Waals surface area (Å²) in [5.74, 6) is -3.38. The second-order valence-electron chi connectivity index (χ2n) is 8.39. The number of carbonyl (C=O) groups is 1. The number of sulfonamides is 1. The predicted molar refractivity (Wildman–Crippen MR) is 115 cm³/mol. The molecule has 2 aliphatic rings. The smallest absolute Gasteiger partial charge is 0.226 e. The fraction of sp³-hybridized carbons (Fsp3) is 0.435. The second-order valence-corrected chi connectivity index (χ2v) is 10.4. The summed E-state index contributed by atoms with van der Waals surface area (Å²) in [6.07, 6.45) is 1.68. The molecule has 9 heteroatoms. The van der Waals surface area contributed by atoms with Gasteiger partial charge in [0.25, 0.3) is 0 Å². The Balaban J connectivity index is 1.55. The van der Waals surface area contributed by atoms with Crippen molar-refractivity contribution in [1.29, 1.82) is 0 Å². The van der Waals surface area contributed by atoms with Gasteiger partial charge in [-0.2, -0.15) is 0 Å². The van der Waals surface area contributed by atoms with E-state index in [2.05, 4.69) is 4.72 Å². The largest absolute Gasteiger partial charge is 0.341 e. The summed E-state index contributed by atoms with van der Waals surface area (Å²) in [7, 11) is -3.39. The minimum Gasteiger partial charge on any atom is -0.341 e. The number of hydrogen-bond donors (Lipinski definition) is 1. The topological polar surface area (TPSA) is 66.5 Å². The van der Waals surface area contributed by atoms with E-state index in [9.17, 15) is 26.4 Å². The number of rotatable bonds is 6. The normalized spacial score (nSPS) is 23.2. The number of nitrogens with zero attached hydrogens (tertiary/aromatic N) is 1. The van der Waals surface area contributed by atoms with Crippen LogP contribution in [0.4, 0.5) is 13.2 Å². The van der Waals surface area contributed by atoms with E-state index >= 15 is 0 Å². The van der Waals surface area contributed by atoms with Gasteiger partial charge >= 0.3 is 0 Å². The summed E-state index contributed by atoms with van der Waals surface area (Å²) >= 11 is 0. The van der Waals surface area contributed by atoms with Crippen molar-refractivity contribution in [3.8, 4) is 11.1 Å². The molecule has 0 unspecified atom stereocenters. The van der Waals surface area contributed by atoms with E-state index in [1.54, 1.807) is 11.8 Å². The lowest BCUT2D eigenvalue weighted by atomic mass is 9.94. The molecule has 172 valence electrons. The van der Waals surface area contributed by atoms with Gasteiger partial charge in [-0.25, -0.2) is 26.3 Å². The Morgan fingerprint density at radius 2 is 1.75 bits per heavy atom. The molecule has 2 fully saturated rings. The van der Waals surface area contributed by atoms with Gasteiger partial charge in [0.1, 0.15) is 17.5 Å². The zero-order valence-corrected chi connectivity index (χ0v) is 18.5. The average molecular weight is 467 g/mol. The predicted octanol–water partition coefficient (Wildman–Crippen LogP) is 3.80. The molecular formula is C23H25F3N2O3S. The summed E-state index contributed by atoms with van der Waals surface area (Å²) in [4.78, 5) is 14.7. The highest BCUT2D eigenvalue weighted by Gasteiger charge is 2.48. The van der Waals surface area contributed by atoms with Gasteiger partial charge in [-0.1, -0.05) is 18.2 Å². The Bertz CT molecular complexity index is 1120. The van der Waals surface area contributed by atoms with Gasteiger partial charge in [0.15, 0.2) is 0 Å². The summed E-state index contributed by atoms with van der Waals surface area (Å²) in [5.41, 5.74) is -0.0321. The summed E-state index contributed by atoms with van der Waals surface area (Å²) in [6, 6.07) is 7.22. The molecular weight excluding hydrogens is 441 g/mol. The van der Waals surface area contributed by atoms with Gasteiger partial charge in [-0.3, -0.25) is 4.79 Å². The molecule has 0 spiro atoms. The molecule has 2 aromatic rings. The van der Waals surface area contributed by atoms with Crippen LogP contribution in [0.1, 0.15) is 37.7 Å². The number of hydrogen-bond acceptors (Lipinski definition) is 3. The van der Waals surface area contributed by atoms with Crippen LogP contribution < -0.4 is 4.72 Å². The summed E-state index contributed by atoms with van der Waals surface area (Å²) in [5, 5.41) is 0. The molecule has 1 heterocycles. The van der Waals surface area contributed by atoms with Crippen LogP contribution in [0.3, 0.4) is 0 Å². The number of halogens is 3. The Labute approximate surface area is 185 Å². The van der Waals surface area contributed by atoms with Crippen molar-refractivity contribution in [1.82, 2.24) is 9.62 Å². The first kappa shape index (κ1) is 22.8. The van der Waals surface area contributed by atoms with Crippen LogP contribution in [-0.2, 0) is 14.8 Å². The van der Waals surface area contributed by atoms with Crippen LogP contribution in [0, 0.1) is 23.4 Å². The molecule has 32 heavy (non-hydrogen) atoms. The van der Waals surface area contributed by atoms with E-state index in [4.69, 9.17) is 0 Å². The fourth-order valence-corrected chi connectivity index (χ4v) is 5.39. The van der Waals surface area contributed by atoms with Gasteiger partial charge in [0.05, 0.1) is 11.3 Å². The number of nitrogens with one attached hydrogen (secondary N) is 1. The van der Waals surface area contributed by atoms with Crippen molar-refractivity contribution in [3.63, 3.8) is 0 Å². The zero-order chi connectivity index (χ0) is 23.0. The molecule has 1 aliphatic carbocycles. The van der Waals surface area contributed by atoms with Gasteiger partial charge in [-0.15, -0.1) is 0 Å². The Kier molecular flexibility index (Phi) is 6.31. The molecule has 1 amide bonds. The second kappa shape index (κ2) is 8.86. The third-order valence-electron chi connectivity index (χ3n) is 6.22. The number of piperidine rings is 1. The molecule has 2 aromatic carbocycles. The molecule has 5 nitrogen and oxygen atoms in total. The average Bonchev–Trinajstić information content (AvgIpc) is 3.53. The number of likely N-dealkylation sites (tertiary alicyclic amines) is 1. The first-order chi connectivity index (χ1) is 15.2. The minimum absolute atomic E-state index is 0.0369. The lowest BCUT2D eigenvalue weighted by Crippen LogP contribution is -2.50. The van der Waals surface area contributed by atoms with Crippen LogP contribution >= 0.6 is 0 Å². The van der Waals surface area contributed by atoms with Gasteiger partial charge in [-0.05, 0) is 61.4 Å². The first-order valence-corrected chi connectivity index (χ1v) is 12.4. The van der Waals surface area contributed by atoms with Crippen LogP contribution in [-0.4, -0.2) is 44.1 Å². The molecule has 0 bridgehead atoms. The third-order valence-corrected chi connectivity index (χ3v) is 7.68. The van der Waals surface area contributed by atoms with E-state index in [1.165, 1.54) is 24.3 Å². The highest BCUT2D eigenvalue weighted by Crippen LogP contribution is 2.52. The summed E-state index contributed by atoms with van der Waals surface area (Å²) in [6.45, 7) is 2.30. The maximum absolute atomic E-state index is 14.8. The van der Waals surface area contributed by atoms with Crippen molar-refractivity contribution in [2.75, 3.05) is 18.8 Å². The highest BCUT2D eigenvalue weighted by atomic mass is 32.2. The van der Waals surface area contributed by atoms with E-state index in [0.29, 0.717) is 25.8 Å². The number of benzene rings is 2. The van der Waals surface area contributed by atoms with Crippen molar-refractivity contribution < 1.29 is 26.4 Å². The monoisotopic (exact) mass is 466 g/mol. The lowest BCUT2D eigenvalue weighted by molar-refractivity contribution is -0.133. The SMILES string of the molecule is CCS(=O)(=O)N[C@H]1CCCN(C(=O)[C@@H]2C[C@H]2c2c(F)cccc2-c2c(F)cccc2F)C1. The molecule has 3 atom stereocenters. The summed E-state index contributed by atoms with van der Waals surface area (Å²) < 4.78 is 70.0. The van der Waals surface area contributed by atoms with E-state index in [-0.39, 0.29) is 40.9 Å². The number of carbonyl (C=O) groups excluding carboxylic acids is 1. The molecule has 0 radical (unpaired) electrons. The Morgan fingerprint density at radius 3 is 2.44 bits per heavy atom. The minimum atomic E-state index is -3.39. The van der Waals surface area contributed by atoms with E-state index in [1.807, 2.05) is 0 Å². The van der Waals surface area contributed by atoms with Crippen molar-refractivity contribution in [3.05, 3.63) is 59.4 Å². The third kappa shape index (κ3) is 4.54. The van der Waals surface area contributed by atoms with Gasteiger partial charge in [0, 0.05) is 25.0 Å². The number of amides is 1. The standard InChI is InChI=1S/C23H25F3N2O3S/c1-2-32(30,31)27-14-6-5-11-28(13-14)23(29)17-12-16(17)21-15(7-3-8-18(21)24)22-19(25)9-4-10-20(22)26/h3-4,7-10,14,16-17,27H,2,5-6,11-13H2,1H3/t14-,16+,17+/m0/s1. The Morgan fingerprint density at radius 1 is 1.09 bits per heavy atom. The maximum atomic E-state index is 14.8. The van der Waals surface area contributed by atoms with Crippen molar-refractivity contribution in [2.24, 2.45) is 5.92 Å². The fourth-order valence-electron chi connectivity index (χ4n) is 4.52.